The zero-order chi connectivity index (χ0) is 27.2. The Kier molecular flexibility index (Phi) is 8.37. The molecule has 0 saturated heterocycles. The van der Waals surface area contributed by atoms with Gasteiger partial charge < -0.3 is 14.8 Å². The predicted octanol–water partition coefficient (Wildman–Crippen LogP) is 7.00. The molecule has 190 valence electrons. The third kappa shape index (κ3) is 6.77. The van der Waals surface area contributed by atoms with E-state index in [4.69, 9.17) is 21.1 Å². The van der Waals surface area contributed by atoms with Gasteiger partial charge in [0.25, 0.3) is 5.91 Å². The molecule has 1 amide bonds. The van der Waals surface area contributed by atoms with Crippen molar-refractivity contribution in [3.63, 3.8) is 0 Å². The van der Waals surface area contributed by atoms with Crippen LogP contribution in [0.2, 0.25) is 5.02 Å². The number of ether oxygens (including phenoxy) is 2. The molecular weight excluding hydrogens is 515 g/mol. The lowest BCUT2D eigenvalue weighted by Crippen LogP contribution is -2.13. The maximum atomic E-state index is 13.0. The number of nitrogens with zero attached hydrogens (tertiary/aromatic N) is 2. The number of amides is 1. The summed E-state index contributed by atoms with van der Waals surface area (Å²) in [5.74, 6) is -1.39. The third-order valence-corrected chi connectivity index (χ3v) is 5.02. The van der Waals surface area contributed by atoms with Gasteiger partial charge in [0.15, 0.2) is 11.5 Å². The number of hydrogen-bond acceptors (Lipinski definition) is 6. The number of nitro benzene ring substituents is 1. The highest BCUT2D eigenvalue weighted by Gasteiger charge is 2.33. The molecule has 8 nitrogen and oxygen atoms in total. The molecule has 12 heteroatoms. The average molecular weight is 532 g/mol. The standard InChI is InChI=1S/C25H17ClF3N3O5/c1-2-36-22-12-15(10-16(14-30)24(33)31-18-6-4-3-5-7-18)11-19(26)23(22)37-21-9-8-17(25(27,28)29)13-20(21)32(34)35/h3-13H,2H2,1H3,(H,31,33)/b16-10+. The van der Waals surface area contributed by atoms with E-state index >= 15 is 0 Å². The average Bonchev–Trinajstić information content (AvgIpc) is 2.84. The van der Waals surface area contributed by atoms with Crippen LogP contribution in [0, 0.1) is 21.4 Å². The molecule has 0 unspecified atom stereocenters. The molecule has 0 saturated carbocycles. The lowest BCUT2D eigenvalue weighted by Gasteiger charge is -2.15. The number of alkyl halides is 3. The fourth-order valence-electron chi connectivity index (χ4n) is 3.10. The minimum absolute atomic E-state index is 0.0174. The molecule has 3 rings (SSSR count). The summed E-state index contributed by atoms with van der Waals surface area (Å²) in [7, 11) is 0. The third-order valence-electron chi connectivity index (χ3n) is 4.73. The smallest absolute Gasteiger partial charge is 0.416 e. The second-order valence-corrected chi connectivity index (χ2v) is 7.70. The van der Waals surface area contributed by atoms with Gasteiger partial charge in [-0.15, -0.1) is 0 Å². The molecule has 0 radical (unpaired) electrons. The van der Waals surface area contributed by atoms with Gasteiger partial charge in [-0.05, 0) is 55.0 Å². The number of nitro groups is 1. The molecule has 0 aromatic heterocycles. The van der Waals surface area contributed by atoms with Gasteiger partial charge in [-0.1, -0.05) is 29.8 Å². The van der Waals surface area contributed by atoms with Gasteiger partial charge in [0.1, 0.15) is 11.6 Å². The molecule has 0 aliphatic rings. The number of benzene rings is 3. The van der Waals surface area contributed by atoms with Crippen LogP contribution in [-0.2, 0) is 11.0 Å². The summed E-state index contributed by atoms with van der Waals surface area (Å²) in [6, 6.07) is 14.7. The van der Waals surface area contributed by atoms with Crippen molar-refractivity contribution in [3.8, 4) is 23.3 Å². The summed E-state index contributed by atoms with van der Waals surface area (Å²) in [6.07, 6.45) is -3.55. The number of nitriles is 1. The van der Waals surface area contributed by atoms with Gasteiger partial charge in [0.05, 0.1) is 22.1 Å². The first-order valence-corrected chi connectivity index (χ1v) is 10.9. The van der Waals surface area contributed by atoms with E-state index in [9.17, 15) is 33.3 Å². The molecule has 0 fully saturated rings. The number of nitrogens with one attached hydrogen (secondary N) is 1. The Labute approximate surface area is 213 Å². The van der Waals surface area contributed by atoms with Gasteiger partial charge in [-0.25, -0.2) is 0 Å². The lowest BCUT2D eigenvalue weighted by molar-refractivity contribution is -0.385. The van der Waals surface area contributed by atoms with Crippen molar-refractivity contribution in [2.24, 2.45) is 0 Å². The zero-order valence-electron chi connectivity index (χ0n) is 19.0. The Bertz CT molecular complexity index is 1400. The number of hydrogen-bond donors (Lipinski definition) is 1. The van der Waals surface area contributed by atoms with Crippen molar-refractivity contribution < 1.29 is 32.4 Å². The van der Waals surface area contributed by atoms with Crippen LogP contribution in [0.25, 0.3) is 6.08 Å². The van der Waals surface area contributed by atoms with E-state index in [0.29, 0.717) is 17.8 Å². The van der Waals surface area contributed by atoms with Gasteiger partial charge in [-0.2, -0.15) is 18.4 Å². The summed E-state index contributed by atoms with van der Waals surface area (Å²) >= 11 is 6.32. The second kappa shape index (κ2) is 11.5. The van der Waals surface area contributed by atoms with E-state index in [0.717, 1.165) is 6.07 Å². The van der Waals surface area contributed by atoms with Crippen LogP contribution < -0.4 is 14.8 Å². The van der Waals surface area contributed by atoms with Crippen LogP contribution in [0.5, 0.6) is 17.2 Å². The molecule has 0 spiro atoms. The minimum atomic E-state index is -4.79. The van der Waals surface area contributed by atoms with E-state index in [1.165, 1.54) is 18.2 Å². The Morgan fingerprint density at radius 3 is 2.46 bits per heavy atom. The van der Waals surface area contributed by atoms with Crippen molar-refractivity contribution in [1.29, 1.82) is 5.26 Å². The number of rotatable bonds is 8. The van der Waals surface area contributed by atoms with E-state index in [2.05, 4.69) is 5.32 Å². The fourth-order valence-corrected chi connectivity index (χ4v) is 3.36. The summed E-state index contributed by atoms with van der Waals surface area (Å²) in [4.78, 5) is 22.9. The number of halogens is 4. The van der Waals surface area contributed by atoms with Crippen LogP contribution in [0.3, 0.4) is 0 Å². The van der Waals surface area contributed by atoms with Crippen LogP contribution >= 0.6 is 11.6 Å². The molecule has 0 aliphatic heterocycles. The molecule has 0 bridgehead atoms. The van der Waals surface area contributed by atoms with Crippen LogP contribution in [0.15, 0.2) is 66.2 Å². The largest absolute Gasteiger partial charge is 0.490 e. The van der Waals surface area contributed by atoms with Crippen molar-refractivity contribution in [2.45, 2.75) is 13.1 Å². The van der Waals surface area contributed by atoms with Gasteiger partial charge in [0.2, 0.25) is 5.75 Å². The highest BCUT2D eigenvalue weighted by atomic mass is 35.5. The molecule has 3 aromatic carbocycles. The molecule has 3 aromatic rings. The Balaban J connectivity index is 1.99. The van der Waals surface area contributed by atoms with Crippen LogP contribution in [-0.4, -0.2) is 17.4 Å². The summed E-state index contributed by atoms with van der Waals surface area (Å²) in [5, 5.41) is 23.3. The van der Waals surface area contributed by atoms with E-state index in [-0.39, 0.29) is 34.3 Å². The van der Waals surface area contributed by atoms with Crippen LogP contribution in [0.1, 0.15) is 18.1 Å². The topological polar surface area (TPSA) is 114 Å². The minimum Gasteiger partial charge on any atom is -0.490 e. The number of carbonyl (C=O) groups is 1. The SMILES string of the molecule is CCOc1cc(/C=C(\C#N)C(=O)Nc2ccccc2)cc(Cl)c1Oc1ccc(C(F)(F)F)cc1[N+](=O)[O-]. The molecule has 37 heavy (non-hydrogen) atoms. The fraction of sp³-hybridized carbons (Fsp3) is 0.120. The molecule has 1 N–H and O–H groups in total. The molecule has 0 aliphatic carbocycles. The first-order valence-electron chi connectivity index (χ1n) is 10.5. The van der Waals surface area contributed by atoms with Gasteiger partial charge in [0, 0.05) is 11.8 Å². The maximum Gasteiger partial charge on any atom is 0.416 e. The van der Waals surface area contributed by atoms with E-state index in [1.807, 2.05) is 0 Å². The van der Waals surface area contributed by atoms with E-state index in [1.54, 1.807) is 43.3 Å². The summed E-state index contributed by atoms with van der Waals surface area (Å²) < 4.78 is 50.1. The van der Waals surface area contributed by atoms with Crippen molar-refractivity contribution >= 4 is 35.0 Å². The van der Waals surface area contributed by atoms with Gasteiger partial charge in [-0.3, -0.25) is 14.9 Å². The maximum absolute atomic E-state index is 13.0. The summed E-state index contributed by atoms with van der Waals surface area (Å²) in [5.41, 5.74) is -1.66. The Morgan fingerprint density at radius 1 is 1.16 bits per heavy atom. The quantitative estimate of drug-likeness (QED) is 0.145. The van der Waals surface area contributed by atoms with Crippen LogP contribution in [0.4, 0.5) is 24.5 Å². The normalized spacial score (nSPS) is 11.4. The molecular formula is C25H17ClF3N3O5. The summed E-state index contributed by atoms with van der Waals surface area (Å²) in [6.45, 7) is 1.74. The number of carbonyl (C=O) groups excluding carboxylic acids is 1. The first kappa shape index (κ1) is 27.0. The highest BCUT2D eigenvalue weighted by Crippen LogP contribution is 2.44. The molecule has 0 heterocycles. The lowest BCUT2D eigenvalue weighted by atomic mass is 10.1. The first-order chi connectivity index (χ1) is 17.5. The molecule has 0 atom stereocenters. The van der Waals surface area contributed by atoms with Crippen molar-refractivity contribution in [1.82, 2.24) is 0 Å². The predicted molar refractivity (Wildman–Crippen MR) is 129 cm³/mol. The van der Waals surface area contributed by atoms with Gasteiger partial charge >= 0.3 is 11.9 Å². The van der Waals surface area contributed by atoms with E-state index < -0.39 is 34.0 Å². The number of para-hydroxylation sites is 1. The monoisotopic (exact) mass is 531 g/mol. The van der Waals surface area contributed by atoms with Crippen molar-refractivity contribution in [3.05, 3.63) is 92.5 Å². The second-order valence-electron chi connectivity index (χ2n) is 7.29. The Hall–Kier alpha value is -4.56. The van der Waals surface area contributed by atoms with Crippen molar-refractivity contribution in [2.75, 3.05) is 11.9 Å². The Morgan fingerprint density at radius 2 is 1.86 bits per heavy atom. The number of anilines is 1. The highest BCUT2D eigenvalue weighted by molar-refractivity contribution is 6.32. The zero-order valence-corrected chi connectivity index (χ0v) is 19.8.